The molecule has 0 saturated heterocycles. The minimum absolute atomic E-state index is 0.407. The average molecular weight is 365 g/mol. The number of rotatable bonds is 4. The molecule has 0 atom stereocenters. The fourth-order valence-corrected chi connectivity index (χ4v) is 3.34. The molecule has 2 aromatic carbocycles. The summed E-state index contributed by atoms with van der Waals surface area (Å²) >= 11 is 1.35. The molecule has 0 aliphatic heterocycles. The van der Waals surface area contributed by atoms with Gasteiger partial charge in [-0.2, -0.15) is 0 Å². The first-order valence-electron chi connectivity index (χ1n) is 8.20. The summed E-state index contributed by atoms with van der Waals surface area (Å²) in [5.74, 6) is -1.43. The van der Waals surface area contributed by atoms with Crippen molar-refractivity contribution in [3.05, 3.63) is 82.4 Å². The lowest BCUT2D eigenvalue weighted by Gasteiger charge is -2.19. The quantitative estimate of drug-likeness (QED) is 0.694. The molecule has 0 radical (unpaired) electrons. The summed E-state index contributed by atoms with van der Waals surface area (Å²) in [6.45, 7) is 3.78. The summed E-state index contributed by atoms with van der Waals surface area (Å²) in [7, 11) is 0. The lowest BCUT2D eigenvalue weighted by atomic mass is 9.99. The molecule has 0 saturated carbocycles. The molecule has 132 valence electrons. The highest BCUT2D eigenvalue weighted by atomic mass is 32.1. The van der Waals surface area contributed by atoms with Crippen LogP contribution in [0.25, 0.3) is 0 Å². The van der Waals surface area contributed by atoms with Gasteiger partial charge in [0.25, 0.3) is 0 Å². The van der Waals surface area contributed by atoms with Gasteiger partial charge in [-0.1, -0.05) is 60.7 Å². The van der Waals surface area contributed by atoms with Crippen LogP contribution in [0.15, 0.2) is 60.7 Å². The SMILES string of the molecule is Cc1nc(NC(=O)C(=O)NC(c2ccccc2)c2ccccc2)sc1C. The third-order valence-electron chi connectivity index (χ3n) is 4.00. The van der Waals surface area contributed by atoms with Crippen molar-refractivity contribution in [1.82, 2.24) is 10.3 Å². The first-order valence-corrected chi connectivity index (χ1v) is 9.02. The van der Waals surface area contributed by atoms with E-state index in [1.807, 2.05) is 74.5 Å². The van der Waals surface area contributed by atoms with Gasteiger partial charge >= 0.3 is 11.8 Å². The third kappa shape index (κ3) is 4.15. The van der Waals surface area contributed by atoms with E-state index in [0.29, 0.717) is 5.13 Å². The zero-order chi connectivity index (χ0) is 18.5. The number of hydrogen-bond acceptors (Lipinski definition) is 4. The van der Waals surface area contributed by atoms with E-state index in [1.54, 1.807) is 0 Å². The molecule has 6 heteroatoms. The molecule has 0 unspecified atom stereocenters. The summed E-state index contributed by atoms with van der Waals surface area (Å²) < 4.78 is 0. The van der Waals surface area contributed by atoms with Gasteiger partial charge in [-0.05, 0) is 25.0 Å². The fourth-order valence-electron chi connectivity index (χ4n) is 2.53. The second-order valence-electron chi connectivity index (χ2n) is 5.84. The van der Waals surface area contributed by atoms with Crippen molar-refractivity contribution in [3.63, 3.8) is 0 Å². The molecule has 3 aromatic rings. The summed E-state index contributed by atoms with van der Waals surface area (Å²) in [6, 6.07) is 18.7. The summed E-state index contributed by atoms with van der Waals surface area (Å²) in [4.78, 5) is 30.0. The van der Waals surface area contributed by atoms with Gasteiger partial charge in [0.05, 0.1) is 11.7 Å². The largest absolute Gasteiger partial charge is 0.337 e. The van der Waals surface area contributed by atoms with Gasteiger partial charge in [0, 0.05) is 4.88 Å². The predicted octanol–water partition coefficient (Wildman–Crippen LogP) is 3.60. The summed E-state index contributed by atoms with van der Waals surface area (Å²) in [6.07, 6.45) is 0. The molecule has 2 amide bonds. The van der Waals surface area contributed by atoms with Crippen LogP contribution in [0.5, 0.6) is 0 Å². The molecule has 0 fully saturated rings. The van der Waals surface area contributed by atoms with E-state index in [9.17, 15) is 9.59 Å². The Hall–Kier alpha value is -2.99. The number of anilines is 1. The first kappa shape index (κ1) is 17.8. The van der Waals surface area contributed by atoms with Gasteiger partial charge < -0.3 is 5.32 Å². The Labute approximate surface area is 156 Å². The standard InChI is InChI=1S/C20H19N3O2S/c1-13-14(2)26-20(21-13)23-19(25)18(24)22-17(15-9-5-3-6-10-15)16-11-7-4-8-12-16/h3-12,17H,1-2H3,(H,22,24)(H,21,23,25). The van der Waals surface area contributed by atoms with Crippen molar-refractivity contribution < 1.29 is 9.59 Å². The Morgan fingerprint density at radius 1 is 0.885 bits per heavy atom. The number of nitrogens with zero attached hydrogens (tertiary/aromatic N) is 1. The molecule has 1 aromatic heterocycles. The van der Waals surface area contributed by atoms with Gasteiger partial charge in [0.1, 0.15) is 0 Å². The number of aromatic nitrogens is 1. The van der Waals surface area contributed by atoms with Gasteiger partial charge in [-0.15, -0.1) is 11.3 Å². The summed E-state index contributed by atoms with van der Waals surface area (Å²) in [5, 5.41) is 5.81. The van der Waals surface area contributed by atoms with E-state index >= 15 is 0 Å². The molecular weight excluding hydrogens is 346 g/mol. The molecule has 0 aliphatic carbocycles. The van der Waals surface area contributed by atoms with Gasteiger partial charge in [0.15, 0.2) is 5.13 Å². The molecule has 3 rings (SSSR count). The number of benzene rings is 2. The molecule has 0 aliphatic rings. The first-order chi connectivity index (χ1) is 12.5. The van der Waals surface area contributed by atoms with E-state index in [1.165, 1.54) is 11.3 Å². The number of carbonyl (C=O) groups is 2. The highest BCUT2D eigenvalue weighted by molar-refractivity contribution is 7.15. The molecule has 2 N–H and O–H groups in total. The molecule has 5 nitrogen and oxygen atoms in total. The zero-order valence-electron chi connectivity index (χ0n) is 14.5. The average Bonchev–Trinajstić information content (AvgIpc) is 2.98. The van der Waals surface area contributed by atoms with E-state index in [2.05, 4.69) is 15.6 Å². The monoisotopic (exact) mass is 365 g/mol. The highest BCUT2D eigenvalue weighted by Gasteiger charge is 2.22. The highest BCUT2D eigenvalue weighted by Crippen LogP contribution is 2.23. The Kier molecular flexibility index (Phi) is 5.43. The van der Waals surface area contributed by atoms with Crippen LogP contribution in [0.4, 0.5) is 5.13 Å². The topological polar surface area (TPSA) is 71.1 Å². The van der Waals surface area contributed by atoms with Crippen molar-refractivity contribution in [2.24, 2.45) is 0 Å². The molecule has 26 heavy (non-hydrogen) atoms. The van der Waals surface area contributed by atoms with Crippen LogP contribution in [-0.2, 0) is 9.59 Å². The minimum Gasteiger partial charge on any atom is -0.337 e. The molecular formula is C20H19N3O2S. The smallest absolute Gasteiger partial charge is 0.315 e. The van der Waals surface area contributed by atoms with Crippen molar-refractivity contribution in [3.8, 4) is 0 Å². The van der Waals surface area contributed by atoms with Crippen LogP contribution >= 0.6 is 11.3 Å². The van der Waals surface area contributed by atoms with E-state index in [-0.39, 0.29) is 0 Å². The number of hydrogen-bond donors (Lipinski definition) is 2. The van der Waals surface area contributed by atoms with Crippen molar-refractivity contribution in [2.75, 3.05) is 5.32 Å². The number of amides is 2. The molecule has 0 spiro atoms. The number of carbonyl (C=O) groups excluding carboxylic acids is 2. The van der Waals surface area contributed by atoms with Gasteiger partial charge in [-0.25, -0.2) is 4.98 Å². The van der Waals surface area contributed by atoms with Crippen LogP contribution < -0.4 is 10.6 Å². The van der Waals surface area contributed by atoms with Crippen molar-refractivity contribution in [1.29, 1.82) is 0 Å². The van der Waals surface area contributed by atoms with E-state index in [0.717, 1.165) is 21.7 Å². The number of thiazole rings is 1. The van der Waals surface area contributed by atoms with Crippen LogP contribution in [0.1, 0.15) is 27.7 Å². The van der Waals surface area contributed by atoms with Crippen LogP contribution in [0.2, 0.25) is 0 Å². The minimum atomic E-state index is -0.726. The maximum Gasteiger partial charge on any atom is 0.315 e. The van der Waals surface area contributed by atoms with E-state index in [4.69, 9.17) is 0 Å². The third-order valence-corrected chi connectivity index (χ3v) is 4.98. The molecule has 0 bridgehead atoms. The maximum atomic E-state index is 12.4. The second-order valence-corrected chi connectivity index (χ2v) is 7.05. The Bertz CT molecular complexity index is 848. The van der Waals surface area contributed by atoms with Crippen LogP contribution in [0.3, 0.4) is 0 Å². The fraction of sp³-hybridized carbons (Fsp3) is 0.150. The lowest BCUT2D eigenvalue weighted by Crippen LogP contribution is -2.38. The van der Waals surface area contributed by atoms with Crippen LogP contribution in [0, 0.1) is 13.8 Å². The summed E-state index contributed by atoms with van der Waals surface area (Å²) in [5.41, 5.74) is 2.65. The van der Waals surface area contributed by atoms with Crippen molar-refractivity contribution in [2.45, 2.75) is 19.9 Å². The zero-order valence-corrected chi connectivity index (χ0v) is 15.3. The maximum absolute atomic E-state index is 12.4. The predicted molar refractivity (Wildman–Crippen MR) is 103 cm³/mol. The number of nitrogens with one attached hydrogen (secondary N) is 2. The second kappa shape index (κ2) is 7.93. The molecule has 1 heterocycles. The Morgan fingerprint density at radius 3 is 1.88 bits per heavy atom. The van der Waals surface area contributed by atoms with Crippen LogP contribution in [-0.4, -0.2) is 16.8 Å². The van der Waals surface area contributed by atoms with E-state index < -0.39 is 17.9 Å². The number of aryl methyl sites for hydroxylation is 2. The van der Waals surface area contributed by atoms with Gasteiger partial charge in [-0.3, -0.25) is 14.9 Å². The van der Waals surface area contributed by atoms with Gasteiger partial charge in [0.2, 0.25) is 0 Å². The Morgan fingerprint density at radius 2 is 1.42 bits per heavy atom. The Balaban J connectivity index is 1.78. The normalized spacial score (nSPS) is 10.6. The van der Waals surface area contributed by atoms with Crippen molar-refractivity contribution >= 4 is 28.3 Å². The lowest BCUT2D eigenvalue weighted by molar-refractivity contribution is -0.136.